The molecule has 0 bridgehead atoms. The number of para-hydroxylation sites is 1. The van der Waals surface area contributed by atoms with Gasteiger partial charge in [-0.25, -0.2) is 15.0 Å². The van der Waals surface area contributed by atoms with Gasteiger partial charge >= 0.3 is 0 Å². The highest BCUT2D eigenvalue weighted by Crippen LogP contribution is 2.39. The van der Waals surface area contributed by atoms with Gasteiger partial charge in [-0.05, 0) is 102 Å². The highest BCUT2D eigenvalue weighted by atomic mass is 16.3. The second-order valence-corrected chi connectivity index (χ2v) is 16.0. The monoisotopic (exact) mass is 803 g/mol. The van der Waals surface area contributed by atoms with Crippen molar-refractivity contribution in [3.8, 4) is 78.7 Å². The van der Waals surface area contributed by atoms with Crippen LogP contribution in [0, 0.1) is 0 Å². The van der Waals surface area contributed by atoms with Crippen LogP contribution >= 0.6 is 0 Å². The molecule has 0 aliphatic rings. The SMILES string of the molecule is c1ccc(-c2ccccc2-c2nc(-c3cccc(-c4ccc5cc(-c6cccc7oc8ccccc8c67)ccc5c4)c3)nc(-c3cccc(-c4cccc5ccccc45)c3)n2)cc1. The Hall–Kier alpha value is -8.47. The molecule has 4 heteroatoms. The number of benzene rings is 10. The third kappa shape index (κ3) is 6.62. The van der Waals surface area contributed by atoms with Gasteiger partial charge in [-0.1, -0.05) is 188 Å². The highest BCUT2D eigenvalue weighted by molar-refractivity contribution is 6.13. The van der Waals surface area contributed by atoms with E-state index in [-0.39, 0.29) is 0 Å². The lowest BCUT2D eigenvalue weighted by atomic mass is 9.95. The van der Waals surface area contributed by atoms with Gasteiger partial charge in [0, 0.05) is 27.5 Å². The molecule has 0 N–H and O–H groups in total. The Kier molecular flexibility index (Phi) is 8.79. The minimum absolute atomic E-state index is 0.613. The van der Waals surface area contributed by atoms with Crippen molar-refractivity contribution < 1.29 is 4.42 Å². The van der Waals surface area contributed by atoms with E-state index in [2.05, 4.69) is 200 Å². The fraction of sp³-hybridized carbons (Fsp3) is 0. The lowest BCUT2D eigenvalue weighted by Gasteiger charge is -2.13. The van der Waals surface area contributed by atoms with E-state index < -0.39 is 0 Å². The molecule has 2 aromatic heterocycles. The Bertz CT molecular complexity index is 3690. The maximum atomic E-state index is 6.21. The molecule has 0 fully saturated rings. The molecule has 2 heterocycles. The van der Waals surface area contributed by atoms with Gasteiger partial charge < -0.3 is 4.42 Å². The minimum Gasteiger partial charge on any atom is -0.456 e. The van der Waals surface area contributed by atoms with E-state index in [9.17, 15) is 0 Å². The third-order valence-corrected chi connectivity index (χ3v) is 12.1. The third-order valence-electron chi connectivity index (χ3n) is 12.1. The van der Waals surface area contributed by atoms with Crippen LogP contribution in [0.4, 0.5) is 0 Å². The average Bonchev–Trinajstić information content (AvgIpc) is 3.75. The van der Waals surface area contributed by atoms with Gasteiger partial charge in [-0.3, -0.25) is 0 Å². The van der Waals surface area contributed by atoms with Crippen molar-refractivity contribution in [2.24, 2.45) is 0 Å². The molecule has 63 heavy (non-hydrogen) atoms. The summed E-state index contributed by atoms with van der Waals surface area (Å²) in [6, 6.07) is 78.8. The first-order chi connectivity index (χ1) is 31.2. The maximum absolute atomic E-state index is 6.21. The second kappa shape index (κ2) is 15.2. The zero-order chi connectivity index (χ0) is 41.7. The van der Waals surface area contributed by atoms with Crippen molar-refractivity contribution >= 4 is 43.5 Å². The Morgan fingerprint density at radius 2 is 0.746 bits per heavy atom. The second-order valence-electron chi connectivity index (χ2n) is 16.0. The largest absolute Gasteiger partial charge is 0.456 e. The molecule has 10 aromatic carbocycles. The number of hydrogen-bond donors (Lipinski definition) is 0. The minimum atomic E-state index is 0.613. The summed E-state index contributed by atoms with van der Waals surface area (Å²) in [4.78, 5) is 15.7. The van der Waals surface area contributed by atoms with Crippen molar-refractivity contribution in [3.63, 3.8) is 0 Å². The predicted octanol–water partition coefficient (Wildman–Crippen LogP) is 15.7. The molecule has 0 aliphatic heterocycles. The Morgan fingerprint density at radius 3 is 1.57 bits per heavy atom. The first kappa shape index (κ1) is 36.4. The quantitative estimate of drug-likeness (QED) is 0.161. The molecule has 12 rings (SSSR count). The summed E-state index contributed by atoms with van der Waals surface area (Å²) in [5.41, 5.74) is 13.5. The van der Waals surface area contributed by atoms with Gasteiger partial charge in [0.15, 0.2) is 17.5 Å². The van der Waals surface area contributed by atoms with Crippen LogP contribution < -0.4 is 0 Å². The fourth-order valence-corrected chi connectivity index (χ4v) is 9.05. The standard InChI is InChI=1S/C59H37N3O/c1-2-14-38(15-3-1)49-23-6-7-24-52(49)59-61-57(60-58(62-59)47-21-11-19-44(37-47)50-26-12-17-39-16-4-5-22-48(39)50)46-20-10-18-40(36-46)41-30-31-43-35-45(33-32-42(43)34-41)51-27-13-29-55-56(51)53-25-8-9-28-54(53)63-55/h1-37H. The van der Waals surface area contributed by atoms with Crippen LogP contribution in [-0.4, -0.2) is 15.0 Å². The van der Waals surface area contributed by atoms with E-state index in [0.717, 1.165) is 72.0 Å². The average molecular weight is 804 g/mol. The van der Waals surface area contributed by atoms with E-state index >= 15 is 0 Å². The molecule has 4 nitrogen and oxygen atoms in total. The Labute approximate surface area is 364 Å². The summed E-state index contributed by atoms with van der Waals surface area (Å²) in [5.74, 6) is 1.85. The summed E-state index contributed by atoms with van der Waals surface area (Å²) < 4.78 is 6.21. The molecule has 0 unspecified atom stereocenters. The number of aromatic nitrogens is 3. The van der Waals surface area contributed by atoms with Crippen LogP contribution in [0.25, 0.3) is 122 Å². The van der Waals surface area contributed by atoms with E-state index in [0.29, 0.717) is 17.5 Å². The number of furan rings is 1. The molecule has 0 atom stereocenters. The molecule has 0 radical (unpaired) electrons. The van der Waals surface area contributed by atoms with Gasteiger partial charge in [0.1, 0.15) is 11.2 Å². The van der Waals surface area contributed by atoms with Gasteiger partial charge in [-0.2, -0.15) is 0 Å². The van der Waals surface area contributed by atoms with Crippen LogP contribution in [0.1, 0.15) is 0 Å². The van der Waals surface area contributed by atoms with Gasteiger partial charge in [0.2, 0.25) is 0 Å². The molecule has 0 amide bonds. The summed E-state index contributed by atoms with van der Waals surface area (Å²) in [6.07, 6.45) is 0. The molecule has 294 valence electrons. The summed E-state index contributed by atoms with van der Waals surface area (Å²) in [6.45, 7) is 0. The molecular weight excluding hydrogens is 767 g/mol. The molecule has 0 aliphatic carbocycles. The first-order valence-electron chi connectivity index (χ1n) is 21.2. The van der Waals surface area contributed by atoms with Crippen molar-refractivity contribution in [1.82, 2.24) is 15.0 Å². The van der Waals surface area contributed by atoms with Crippen LogP contribution in [0.15, 0.2) is 229 Å². The topological polar surface area (TPSA) is 51.8 Å². The van der Waals surface area contributed by atoms with E-state index in [1.165, 1.54) is 32.7 Å². The smallest absolute Gasteiger partial charge is 0.164 e. The Balaban J connectivity index is 0.957. The molecule has 0 saturated heterocycles. The van der Waals surface area contributed by atoms with Gasteiger partial charge in [0.05, 0.1) is 0 Å². The lowest BCUT2D eigenvalue weighted by molar-refractivity contribution is 0.669. The zero-order valence-electron chi connectivity index (χ0n) is 34.1. The van der Waals surface area contributed by atoms with Crippen LogP contribution in [0.5, 0.6) is 0 Å². The lowest BCUT2D eigenvalue weighted by Crippen LogP contribution is -2.01. The van der Waals surface area contributed by atoms with Crippen molar-refractivity contribution in [2.45, 2.75) is 0 Å². The van der Waals surface area contributed by atoms with Gasteiger partial charge in [0.25, 0.3) is 0 Å². The van der Waals surface area contributed by atoms with Crippen molar-refractivity contribution in [3.05, 3.63) is 224 Å². The van der Waals surface area contributed by atoms with Crippen LogP contribution in [0.2, 0.25) is 0 Å². The van der Waals surface area contributed by atoms with Gasteiger partial charge in [-0.15, -0.1) is 0 Å². The van der Waals surface area contributed by atoms with Crippen LogP contribution in [-0.2, 0) is 0 Å². The van der Waals surface area contributed by atoms with E-state index in [4.69, 9.17) is 19.4 Å². The maximum Gasteiger partial charge on any atom is 0.164 e. The Morgan fingerprint density at radius 1 is 0.254 bits per heavy atom. The van der Waals surface area contributed by atoms with Crippen LogP contribution in [0.3, 0.4) is 0 Å². The number of nitrogens with zero attached hydrogens (tertiary/aromatic N) is 3. The zero-order valence-corrected chi connectivity index (χ0v) is 34.1. The summed E-state index contributed by atoms with van der Waals surface area (Å²) >= 11 is 0. The number of fused-ring (bicyclic) bond motifs is 5. The first-order valence-corrected chi connectivity index (χ1v) is 21.2. The van der Waals surface area contributed by atoms with E-state index in [1.807, 2.05) is 24.3 Å². The predicted molar refractivity (Wildman–Crippen MR) is 260 cm³/mol. The molecule has 0 spiro atoms. The van der Waals surface area contributed by atoms with Crippen molar-refractivity contribution in [2.75, 3.05) is 0 Å². The molecule has 0 saturated carbocycles. The van der Waals surface area contributed by atoms with E-state index in [1.54, 1.807) is 0 Å². The molecule has 12 aromatic rings. The highest BCUT2D eigenvalue weighted by Gasteiger charge is 2.18. The molecular formula is C59H37N3O. The van der Waals surface area contributed by atoms with Crippen molar-refractivity contribution in [1.29, 1.82) is 0 Å². The normalized spacial score (nSPS) is 11.5. The number of hydrogen-bond acceptors (Lipinski definition) is 4. The number of rotatable bonds is 7. The summed E-state index contributed by atoms with van der Waals surface area (Å²) in [7, 11) is 0. The summed E-state index contributed by atoms with van der Waals surface area (Å²) in [5, 5.41) is 7.02. The fourth-order valence-electron chi connectivity index (χ4n) is 9.05.